The summed E-state index contributed by atoms with van der Waals surface area (Å²) in [6.45, 7) is 3.41. The number of carbonyl (C=O) groups excluding carboxylic acids is 1. The normalized spacial score (nSPS) is 13.2. The van der Waals surface area contributed by atoms with Gasteiger partial charge < -0.3 is 9.72 Å². The van der Waals surface area contributed by atoms with Gasteiger partial charge in [0.25, 0.3) is 5.56 Å². The molecule has 0 radical (unpaired) electrons. The first-order chi connectivity index (χ1) is 11.8. The Morgan fingerprint density at radius 1 is 1.20 bits per heavy atom. The minimum atomic E-state index is -0.649. The summed E-state index contributed by atoms with van der Waals surface area (Å²) in [4.78, 5) is 40.0. The number of aromatic amines is 1. The molecule has 0 fully saturated rings. The van der Waals surface area contributed by atoms with Crippen molar-refractivity contribution in [3.8, 4) is 5.69 Å². The molecule has 0 unspecified atom stereocenters. The molecule has 2 aromatic rings. The Morgan fingerprint density at radius 3 is 2.60 bits per heavy atom. The van der Waals surface area contributed by atoms with E-state index >= 15 is 0 Å². The third-order valence-corrected chi connectivity index (χ3v) is 4.60. The van der Waals surface area contributed by atoms with Gasteiger partial charge in [-0.3, -0.25) is 4.79 Å². The second-order valence-corrected chi connectivity index (χ2v) is 6.93. The molecule has 0 saturated carbocycles. The van der Waals surface area contributed by atoms with Gasteiger partial charge in [-0.05, 0) is 45.2 Å². The van der Waals surface area contributed by atoms with Gasteiger partial charge in [-0.2, -0.15) is 0 Å². The van der Waals surface area contributed by atoms with Crippen LogP contribution >= 0.6 is 23.2 Å². The van der Waals surface area contributed by atoms with Gasteiger partial charge in [-0.1, -0.05) is 23.2 Å². The summed E-state index contributed by atoms with van der Waals surface area (Å²) < 4.78 is 6.08. The Hall–Kier alpha value is -2.05. The van der Waals surface area contributed by atoms with E-state index in [1.54, 1.807) is 13.8 Å². The lowest BCUT2D eigenvalue weighted by Gasteiger charge is -2.13. The number of H-pyrrole nitrogens is 1. The van der Waals surface area contributed by atoms with Crippen molar-refractivity contribution in [3.05, 3.63) is 59.8 Å². The first kappa shape index (κ1) is 17.8. The molecule has 0 amide bonds. The molecular weight excluding hydrogens is 367 g/mol. The molecule has 0 atom stereocenters. The van der Waals surface area contributed by atoms with Crippen molar-refractivity contribution in [1.29, 1.82) is 0 Å². The molecule has 1 aliphatic carbocycles. The van der Waals surface area contributed by atoms with Gasteiger partial charge >= 0.3 is 11.7 Å². The highest BCUT2D eigenvalue weighted by atomic mass is 35.5. The topological polar surface area (TPSA) is 81.2 Å². The molecule has 1 aromatic heterocycles. The van der Waals surface area contributed by atoms with E-state index in [-0.39, 0.29) is 27.4 Å². The fourth-order valence-electron chi connectivity index (χ4n) is 2.89. The van der Waals surface area contributed by atoms with Gasteiger partial charge in [0.05, 0.1) is 27.4 Å². The number of carbonyl (C=O) groups is 1. The summed E-state index contributed by atoms with van der Waals surface area (Å²) in [5.41, 5.74) is 0.346. The zero-order valence-electron chi connectivity index (χ0n) is 13.7. The third-order valence-electron chi connectivity index (χ3n) is 3.98. The number of ether oxygens (including phenoxy) is 1. The maximum absolute atomic E-state index is 12.7. The Labute approximate surface area is 153 Å². The summed E-state index contributed by atoms with van der Waals surface area (Å²) in [7, 11) is 0. The van der Waals surface area contributed by atoms with E-state index in [1.807, 2.05) is 0 Å². The number of aromatic nitrogens is 2. The highest BCUT2D eigenvalue weighted by molar-refractivity contribution is 6.37. The Morgan fingerprint density at radius 2 is 1.92 bits per heavy atom. The van der Waals surface area contributed by atoms with Crippen LogP contribution in [0.25, 0.3) is 5.69 Å². The van der Waals surface area contributed by atoms with Crippen LogP contribution in [-0.4, -0.2) is 21.6 Å². The zero-order chi connectivity index (χ0) is 18.3. The van der Waals surface area contributed by atoms with Gasteiger partial charge in [0, 0.05) is 11.3 Å². The zero-order valence-corrected chi connectivity index (χ0v) is 15.2. The Kier molecular flexibility index (Phi) is 4.75. The summed E-state index contributed by atoms with van der Waals surface area (Å²) in [5.74, 6) is -0.649. The molecule has 1 aromatic carbocycles. The third kappa shape index (κ3) is 3.24. The van der Waals surface area contributed by atoms with Gasteiger partial charge in [0.2, 0.25) is 0 Å². The van der Waals surface area contributed by atoms with E-state index in [1.165, 1.54) is 12.1 Å². The van der Waals surface area contributed by atoms with E-state index in [0.29, 0.717) is 24.1 Å². The van der Waals surface area contributed by atoms with E-state index in [9.17, 15) is 14.4 Å². The molecule has 25 heavy (non-hydrogen) atoms. The SMILES string of the molecule is CC(C)OC(=O)c1cc(-n2c(=O)[nH]c3c(c2=O)CCC3)c(Cl)cc1Cl. The predicted octanol–water partition coefficient (Wildman–Crippen LogP) is 2.89. The molecule has 0 bridgehead atoms. The van der Waals surface area contributed by atoms with E-state index in [4.69, 9.17) is 27.9 Å². The highest BCUT2D eigenvalue weighted by Gasteiger charge is 2.23. The molecule has 0 spiro atoms. The molecule has 1 N–H and O–H groups in total. The quantitative estimate of drug-likeness (QED) is 0.827. The first-order valence-corrected chi connectivity index (χ1v) is 8.62. The molecular formula is C17H16Cl2N2O4. The number of benzene rings is 1. The van der Waals surface area contributed by atoms with Crippen LogP contribution in [0.4, 0.5) is 0 Å². The Balaban J connectivity index is 2.21. The van der Waals surface area contributed by atoms with Crippen molar-refractivity contribution < 1.29 is 9.53 Å². The maximum Gasteiger partial charge on any atom is 0.339 e. The number of esters is 1. The number of rotatable bonds is 3. The fourth-order valence-corrected chi connectivity index (χ4v) is 3.44. The summed E-state index contributed by atoms with van der Waals surface area (Å²) in [6, 6.07) is 2.64. The number of aryl methyl sites for hydroxylation is 1. The molecule has 0 aliphatic heterocycles. The molecule has 0 saturated heterocycles. The standard InChI is InChI=1S/C17H16Cl2N2O4/c1-8(2)25-16(23)10-6-14(12(19)7-11(10)18)21-15(22)9-4-3-5-13(9)20-17(21)24/h6-8H,3-5H2,1-2H3,(H,20,24). The van der Waals surface area contributed by atoms with E-state index in [0.717, 1.165) is 11.0 Å². The second-order valence-electron chi connectivity index (χ2n) is 6.12. The molecule has 8 heteroatoms. The van der Waals surface area contributed by atoms with Crippen LogP contribution in [0.5, 0.6) is 0 Å². The average Bonchev–Trinajstić information content (AvgIpc) is 2.96. The van der Waals surface area contributed by atoms with Gasteiger partial charge in [0.1, 0.15) is 0 Å². The van der Waals surface area contributed by atoms with Gasteiger partial charge in [-0.15, -0.1) is 0 Å². The number of fused-ring (bicyclic) bond motifs is 1. The molecule has 1 aliphatic rings. The Bertz CT molecular complexity index is 976. The van der Waals surface area contributed by atoms with Crippen molar-refractivity contribution in [2.24, 2.45) is 0 Å². The van der Waals surface area contributed by atoms with Gasteiger partial charge in [0.15, 0.2) is 0 Å². The number of hydrogen-bond donors (Lipinski definition) is 1. The smallest absolute Gasteiger partial charge is 0.339 e. The van der Waals surface area contributed by atoms with Crippen LogP contribution in [0, 0.1) is 0 Å². The number of hydrogen-bond acceptors (Lipinski definition) is 4. The minimum absolute atomic E-state index is 0.0431. The number of nitrogens with one attached hydrogen (secondary N) is 1. The molecule has 132 valence electrons. The van der Waals surface area contributed by atoms with Crippen LogP contribution in [0.3, 0.4) is 0 Å². The minimum Gasteiger partial charge on any atom is -0.459 e. The lowest BCUT2D eigenvalue weighted by Crippen LogP contribution is -2.36. The van der Waals surface area contributed by atoms with Crippen LogP contribution in [0.15, 0.2) is 21.7 Å². The van der Waals surface area contributed by atoms with Crippen LogP contribution in [-0.2, 0) is 17.6 Å². The van der Waals surface area contributed by atoms with Crippen LogP contribution in [0.1, 0.15) is 41.9 Å². The second kappa shape index (κ2) is 6.69. The van der Waals surface area contributed by atoms with Crippen molar-refractivity contribution in [1.82, 2.24) is 9.55 Å². The maximum atomic E-state index is 12.7. The molecule has 1 heterocycles. The fraction of sp³-hybridized carbons (Fsp3) is 0.353. The first-order valence-electron chi connectivity index (χ1n) is 7.87. The van der Waals surface area contributed by atoms with E-state index < -0.39 is 17.2 Å². The number of nitrogens with zero attached hydrogens (tertiary/aromatic N) is 1. The van der Waals surface area contributed by atoms with Crippen LogP contribution < -0.4 is 11.2 Å². The summed E-state index contributed by atoms with van der Waals surface area (Å²) >= 11 is 12.3. The highest BCUT2D eigenvalue weighted by Crippen LogP contribution is 2.28. The predicted molar refractivity (Wildman–Crippen MR) is 95.3 cm³/mol. The van der Waals surface area contributed by atoms with Crippen LogP contribution in [0.2, 0.25) is 10.0 Å². The summed E-state index contributed by atoms with van der Waals surface area (Å²) in [6.07, 6.45) is 1.73. The lowest BCUT2D eigenvalue weighted by atomic mass is 10.2. The van der Waals surface area contributed by atoms with E-state index in [2.05, 4.69) is 4.98 Å². The average molecular weight is 383 g/mol. The number of halogens is 2. The van der Waals surface area contributed by atoms with Crippen molar-refractivity contribution in [2.45, 2.75) is 39.2 Å². The van der Waals surface area contributed by atoms with Crippen molar-refractivity contribution in [2.75, 3.05) is 0 Å². The molecule has 6 nitrogen and oxygen atoms in total. The largest absolute Gasteiger partial charge is 0.459 e. The van der Waals surface area contributed by atoms with Gasteiger partial charge in [-0.25, -0.2) is 14.2 Å². The monoisotopic (exact) mass is 382 g/mol. The van der Waals surface area contributed by atoms with Crippen molar-refractivity contribution in [3.63, 3.8) is 0 Å². The lowest BCUT2D eigenvalue weighted by molar-refractivity contribution is 0.0378. The summed E-state index contributed by atoms with van der Waals surface area (Å²) in [5, 5.41) is 0.182. The molecule has 3 rings (SSSR count). The van der Waals surface area contributed by atoms with Crippen molar-refractivity contribution >= 4 is 29.2 Å².